The Morgan fingerprint density at radius 3 is 1.49 bits per heavy atom. The second kappa shape index (κ2) is 22.8. The number of allylic oxidation sites excluding steroid dienone is 1. The number of aromatic carboxylic acids is 2. The number of carbonyl (C=O) groups is 2. The molecule has 0 fully saturated rings. The van der Waals surface area contributed by atoms with E-state index < -0.39 is 11.9 Å². The molecule has 6 nitrogen and oxygen atoms in total. The summed E-state index contributed by atoms with van der Waals surface area (Å²) < 4.78 is 0. The Balaban J connectivity index is 0. The molecule has 2 aromatic carbocycles. The number of rotatable bonds is 10. The highest BCUT2D eigenvalue weighted by Gasteiger charge is 2.05. The molecule has 0 aromatic heterocycles. The smallest absolute Gasteiger partial charge is 0.335 e. The van der Waals surface area contributed by atoms with Gasteiger partial charge in [-0.25, -0.2) is 9.59 Å². The standard InChI is InChI=1S/C8H16.2C7H6O2.C7H16O2/c1-4-5-6-7-8(2)3;2*8-7(9)6-4-2-1-3-5-6;1-3-4-7(9)5-6(2)8/h2,4-7H2,1,3H3;2*1-5H,(H,8,9);6-9H,3-5H2,1-2H3. The lowest BCUT2D eigenvalue weighted by atomic mass is 10.1. The molecule has 0 spiro atoms. The number of carboxylic acids is 2. The van der Waals surface area contributed by atoms with Gasteiger partial charge < -0.3 is 20.4 Å². The lowest BCUT2D eigenvalue weighted by Crippen LogP contribution is -2.13. The molecule has 0 radical (unpaired) electrons. The molecular formula is C29H44O6. The number of hydrogen-bond acceptors (Lipinski definition) is 4. The van der Waals surface area contributed by atoms with Gasteiger partial charge in [-0.15, -0.1) is 6.58 Å². The second-order valence-electron chi connectivity index (χ2n) is 8.28. The molecule has 0 aliphatic rings. The van der Waals surface area contributed by atoms with Crippen molar-refractivity contribution in [1.82, 2.24) is 0 Å². The lowest BCUT2D eigenvalue weighted by Gasteiger charge is -2.09. The third-order valence-electron chi connectivity index (χ3n) is 4.48. The van der Waals surface area contributed by atoms with E-state index in [-0.39, 0.29) is 12.2 Å². The predicted octanol–water partition coefficient (Wildman–Crippen LogP) is 6.83. The van der Waals surface area contributed by atoms with E-state index in [2.05, 4.69) is 20.4 Å². The fourth-order valence-corrected chi connectivity index (χ4v) is 2.68. The highest BCUT2D eigenvalue weighted by atomic mass is 16.4. The molecular weight excluding hydrogens is 444 g/mol. The van der Waals surface area contributed by atoms with Crippen molar-refractivity contribution < 1.29 is 30.0 Å². The zero-order valence-corrected chi connectivity index (χ0v) is 21.7. The number of hydrogen-bond donors (Lipinski definition) is 4. The molecule has 2 aromatic rings. The average Bonchev–Trinajstić information content (AvgIpc) is 2.81. The van der Waals surface area contributed by atoms with Crippen molar-refractivity contribution in [2.24, 2.45) is 0 Å². The van der Waals surface area contributed by atoms with Gasteiger partial charge in [-0.05, 0) is 63.8 Å². The lowest BCUT2D eigenvalue weighted by molar-refractivity contribution is 0.0686. The molecule has 2 atom stereocenters. The van der Waals surface area contributed by atoms with Crippen LogP contribution < -0.4 is 0 Å². The van der Waals surface area contributed by atoms with Crippen LogP contribution >= 0.6 is 0 Å². The summed E-state index contributed by atoms with van der Waals surface area (Å²) in [4.78, 5) is 20.4. The van der Waals surface area contributed by atoms with Gasteiger partial charge in [0, 0.05) is 0 Å². The van der Waals surface area contributed by atoms with Gasteiger partial charge in [-0.1, -0.05) is 75.1 Å². The molecule has 0 amide bonds. The number of aliphatic hydroxyl groups excluding tert-OH is 2. The SMILES string of the molecule is C=C(C)CCCCC.CCCC(O)CC(C)O.O=C(O)c1ccccc1.O=C(O)c1ccccc1. The van der Waals surface area contributed by atoms with Crippen LogP contribution in [0.2, 0.25) is 0 Å². The van der Waals surface area contributed by atoms with Gasteiger partial charge in [-0.2, -0.15) is 0 Å². The van der Waals surface area contributed by atoms with E-state index in [0.29, 0.717) is 17.5 Å². The summed E-state index contributed by atoms with van der Waals surface area (Å²) in [6, 6.07) is 16.6. The van der Waals surface area contributed by atoms with Gasteiger partial charge in [0.2, 0.25) is 0 Å². The molecule has 0 saturated carbocycles. The van der Waals surface area contributed by atoms with Crippen LogP contribution in [0, 0.1) is 0 Å². The molecule has 196 valence electrons. The summed E-state index contributed by atoms with van der Waals surface area (Å²) in [5.74, 6) is -1.76. The summed E-state index contributed by atoms with van der Waals surface area (Å²) in [5.41, 5.74) is 1.98. The third kappa shape index (κ3) is 24.0. The Kier molecular flexibility index (Phi) is 22.3. The Bertz CT molecular complexity index is 738. The minimum absolute atomic E-state index is 0.310. The van der Waals surface area contributed by atoms with Gasteiger partial charge in [0.1, 0.15) is 0 Å². The van der Waals surface area contributed by atoms with E-state index in [1.54, 1.807) is 67.6 Å². The zero-order chi connectivity index (χ0) is 27.1. The van der Waals surface area contributed by atoms with E-state index in [9.17, 15) is 9.59 Å². The summed E-state index contributed by atoms with van der Waals surface area (Å²) in [5, 5.41) is 34.6. The maximum atomic E-state index is 10.2. The van der Waals surface area contributed by atoms with Crippen LogP contribution in [0.4, 0.5) is 0 Å². The predicted molar refractivity (Wildman–Crippen MR) is 143 cm³/mol. The fourth-order valence-electron chi connectivity index (χ4n) is 2.68. The van der Waals surface area contributed by atoms with Crippen LogP contribution in [0.15, 0.2) is 72.8 Å². The van der Waals surface area contributed by atoms with E-state index >= 15 is 0 Å². The molecule has 2 rings (SSSR count). The number of carboxylic acid groups (broad SMARTS) is 2. The van der Waals surface area contributed by atoms with Crippen LogP contribution in [0.3, 0.4) is 0 Å². The Labute approximate surface area is 211 Å². The molecule has 0 aliphatic carbocycles. The normalized spacial score (nSPS) is 11.1. The van der Waals surface area contributed by atoms with Crippen molar-refractivity contribution in [3.63, 3.8) is 0 Å². The minimum atomic E-state index is -0.879. The number of benzene rings is 2. The Morgan fingerprint density at radius 1 is 0.800 bits per heavy atom. The van der Waals surface area contributed by atoms with Gasteiger partial charge in [0.15, 0.2) is 0 Å². The number of unbranched alkanes of at least 4 members (excludes halogenated alkanes) is 2. The summed E-state index contributed by atoms with van der Waals surface area (Å²) >= 11 is 0. The molecule has 2 unspecified atom stereocenters. The number of aliphatic hydroxyl groups is 2. The first-order valence-electron chi connectivity index (χ1n) is 12.1. The molecule has 0 saturated heterocycles. The van der Waals surface area contributed by atoms with Crippen LogP contribution in [-0.4, -0.2) is 44.6 Å². The Morgan fingerprint density at radius 2 is 1.23 bits per heavy atom. The minimum Gasteiger partial charge on any atom is -0.478 e. The van der Waals surface area contributed by atoms with Gasteiger partial charge in [0.05, 0.1) is 23.3 Å². The van der Waals surface area contributed by atoms with Crippen LogP contribution in [0.25, 0.3) is 0 Å². The maximum absolute atomic E-state index is 10.2. The summed E-state index contributed by atoms with van der Waals surface area (Å²) in [6.07, 6.45) is 6.81. The van der Waals surface area contributed by atoms with Crippen LogP contribution in [0.5, 0.6) is 0 Å². The monoisotopic (exact) mass is 488 g/mol. The zero-order valence-electron chi connectivity index (χ0n) is 21.7. The van der Waals surface area contributed by atoms with Gasteiger partial charge >= 0.3 is 11.9 Å². The van der Waals surface area contributed by atoms with Crippen molar-refractivity contribution in [1.29, 1.82) is 0 Å². The first-order chi connectivity index (χ1) is 16.5. The molecule has 0 bridgehead atoms. The van der Waals surface area contributed by atoms with E-state index in [1.165, 1.54) is 31.3 Å². The van der Waals surface area contributed by atoms with Gasteiger partial charge in [0.25, 0.3) is 0 Å². The molecule has 4 N–H and O–H groups in total. The van der Waals surface area contributed by atoms with Crippen molar-refractivity contribution in [2.45, 2.75) is 84.8 Å². The van der Waals surface area contributed by atoms with Crippen molar-refractivity contribution in [2.75, 3.05) is 0 Å². The van der Waals surface area contributed by atoms with Crippen LogP contribution in [0.1, 0.15) is 93.4 Å². The van der Waals surface area contributed by atoms with E-state index in [4.69, 9.17) is 20.4 Å². The van der Waals surface area contributed by atoms with E-state index in [0.717, 1.165) is 12.8 Å². The van der Waals surface area contributed by atoms with Crippen LogP contribution in [-0.2, 0) is 0 Å². The van der Waals surface area contributed by atoms with E-state index in [1.807, 2.05) is 6.92 Å². The molecule has 35 heavy (non-hydrogen) atoms. The molecule has 0 aliphatic heterocycles. The second-order valence-corrected chi connectivity index (χ2v) is 8.28. The summed E-state index contributed by atoms with van der Waals surface area (Å²) in [7, 11) is 0. The quantitative estimate of drug-likeness (QED) is 0.215. The molecule has 0 heterocycles. The first kappa shape index (κ1) is 34.2. The molecule has 6 heteroatoms. The largest absolute Gasteiger partial charge is 0.478 e. The summed E-state index contributed by atoms with van der Waals surface area (Å²) in [6.45, 7) is 11.9. The highest BCUT2D eigenvalue weighted by Crippen LogP contribution is 2.05. The Hall–Kier alpha value is -2.96. The fraction of sp³-hybridized carbons (Fsp3) is 0.448. The maximum Gasteiger partial charge on any atom is 0.335 e. The van der Waals surface area contributed by atoms with Gasteiger partial charge in [-0.3, -0.25) is 0 Å². The van der Waals surface area contributed by atoms with Crippen molar-refractivity contribution in [3.05, 3.63) is 83.9 Å². The van der Waals surface area contributed by atoms with Crippen molar-refractivity contribution >= 4 is 11.9 Å². The third-order valence-corrected chi connectivity index (χ3v) is 4.48. The average molecular weight is 489 g/mol. The first-order valence-corrected chi connectivity index (χ1v) is 12.1. The highest BCUT2D eigenvalue weighted by molar-refractivity contribution is 5.87. The van der Waals surface area contributed by atoms with Crippen molar-refractivity contribution in [3.8, 4) is 0 Å². The topological polar surface area (TPSA) is 115 Å².